The lowest BCUT2D eigenvalue weighted by Crippen LogP contribution is -2.19. The predicted molar refractivity (Wildman–Crippen MR) is 102 cm³/mol. The number of carbonyl (C=O) groups excluding carboxylic acids is 1. The summed E-state index contributed by atoms with van der Waals surface area (Å²) in [5, 5.41) is 0. The van der Waals surface area contributed by atoms with Crippen molar-refractivity contribution in [1.82, 2.24) is 4.90 Å². The zero-order valence-corrected chi connectivity index (χ0v) is 16.0. The third kappa shape index (κ3) is 5.77. The number of likely N-dealkylation sites (N-methyl/N-ethyl adjacent to an activating group) is 1. The third-order valence-electron chi connectivity index (χ3n) is 4.08. The topological polar surface area (TPSA) is 48.0 Å². The van der Waals surface area contributed by atoms with E-state index >= 15 is 0 Å². The summed E-state index contributed by atoms with van der Waals surface area (Å²) >= 11 is 0. The SMILES string of the molecule is COC(=O)c1ccc(CCc2cccc(OCCN(C)C)c2)cc1OC. The predicted octanol–water partition coefficient (Wildman–Crippen LogP) is 3.21. The van der Waals surface area contributed by atoms with Crippen molar-refractivity contribution in [2.75, 3.05) is 41.5 Å². The van der Waals surface area contributed by atoms with E-state index in [2.05, 4.69) is 17.0 Å². The Hall–Kier alpha value is -2.53. The first-order valence-electron chi connectivity index (χ1n) is 8.65. The van der Waals surface area contributed by atoms with Gasteiger partial charge in [-0.2, -0.15) is 0 Å². The van der Waals surface area contributed by atoms with Crippen LogP contribution in [0.3, 0.4) is 0 Å². The number of nitrogens with zero attached hydrogens (tertiary/aromatic N) is 1. The Morgan fingerprint density at radius 3 is 2.38 bits per heavy atom. The summed E-state index contributed by atoms with van der Waals surface area (Å²) in [4.78, 5) is 13.8. The van der Waals surface area contributed by atoms with Gasteiger partial charge >= 0.3 is 5.97 Å². The number of carbonyl (C=O) groups is 1. The number of methoxy groups -OCH3 is 2. The van der Waals surface area contributed by atoms with Crippen LogP contribution in [-0.2, 0) is 17.6 Å². The molecular weight excluding hydrogens is 330 g/mol. The van der Waals surface area contributed by atoms with Gasteiger partial charge in [0.15, 0.2) is 0 Å². The third-order valence-corrected chi connectivity index (χ3v) is 4.08. The maximum absolute atomic E-state index is 11.7. The van der Waals surface area contributed by atoms with Crippen LogP contribution in [0.1, 0.15) is 21.5 Å². The molecule has 0 amide bonds. The van der Waals surface area contributed by atoms with Crippen molar-refractivity contribution in [3.63, 3.8) is 0 Å². The fraction of sp³-hybridized carbons (Fsp3) is 0.381. The molecular formula is C21H27NO4. The van der Waals surface area contributed by atoms with E-state index in [1.807, 2.05) is 38.4 Å². The molecule has 2 rings (SSSR count). The number of aryl methyl sites for hydroxylation is 2. The van der Waals surface area contributed by atoms with E-state index in [9.17, 15) is 4.79 Å². The Labute approximate surface area is 155 Å². The summed E-state index contributed by atoms with van der Waals surface area (Å²) in [7, 11) is 6.97. The molecule has 0 saturated carbocycles. The highest BCUT2D eigenvalue weighted by molar-refractivity contribution is 5.92. The van der Waals surface area contributed by atoms with Gasteiger partial charge in [-0.25, -0.2) is 4.79 Å². The van der Waals surface area contributed by atoms with Crippen LogP contribution in [0.4, 0.5) is 0 Å². The average molecular weight is 357 g/mol. The van der Waals surface area contributed by atoms with Crippen LogP contribution in [0.25, 0.3) is 0 Å². The van der Waals surface area contributed by atoms with Crippen molar-refractivity contribution in [2.24, 2.45) is 0 Å². The van der Waals surface area contributed by atoms with Gasteiger partial charge in [0.25, 0.3) is 0 Å². The lowest BCUT2D eigenvalue weighted by Gasteiger charge is -2.12. The number of hydrogen-bond donors (Lipinski definition) is 0. The monoisotopic (exact) mass is 357 g/mol. The number of benzene rings is 2. The second kappa shape index (κ2) is 9.82. The molecule has 0 aromatic heterocycles. The molecule has 0 N–H and O–H groups in total. The molecule has 0 unspecified atom stereocenters. The first-order valence-corrected chi connectivity index (χ1v) is 8.65. The van der Waals surface area contributed by atoms with Gasteiger partial charge in [-0.1, -0.05) is 18.2 Å². The minimum absolute atomic E-state index is 0.393. The minimum Gasteiger partial charge on any atom is -0.496 e. The number of ether oxygens (including phenoxy) is 3. The van der Waals surface area contributed by atoms with E-state index in [0.29, 0.717) is 17.9 Å². The highest BCUT2D eigenvalue weighted by atomic mass is 16.5. The van der Waals surface area contributed by atoms with Crippen molar-refractivity contribution in [3.8, 4) is 11.5 Å². The van der Waals surface area contributed by atoms with E-state index in [0.717, 1.165) is 30.7 Å². The first-order chi connectivity index (χ1) is 12.5. The molecule has 0 fully saturated rings. The average Bonchev–Trinajstić information content (AvgIpc) is 2.65. The molecule has 0 aliphatic carbocycles. The zero-order valence-electron chi connectivity index (χ0n) is 16.0. The molecule has 2 aromatic rings. The first kappa shape index (κ1) is 19.8. The lowest BCUT2D eigenvalue weighted by molar-refractivity contribution is 0.0597. The van der Waals surface area contributed by atoms with E-state index in [1.54, 1.807) is 13.2 Å². The van der Waals surface area contributed by atoms with Crippen LogP contribution in [0.5, 0.6) is 11.5 Å². The molecule has 5 nitrogen and oxygen atoms in total. The molecule has 140 valence electrons. The minimum atomic E-state index is -0.393. The van der Waals surface area contributed by atoms with Crippen LogP contribution in [-0.4, -0.2) is 52.3 Å². The molecule has 0 aliphatic heterocycles. The molecule has 2 aromatic carbocycles. The van der Waals surface area contributed by atoms with Crippen molar-refractivity contribution < 1.29 is 19.0 Å². The van der Waals surface area contributed by atoms with Gasteiger partial charge in [0, 0.05) is 6.54 Å². The Morgan fingerprint density at radius 2 is 1.73 bits per heavy atom. The Balaban J connectivity index is 1.99. The Bertz CT molecular complexity index is 728. The second-order valence-corrected chi connectivity index (χ2v) is 6.33. The van der Waals surface area contributed by atoms with Crippen LogP contribution in [0, 0.1) is 0 Å². The maximum atomic E-state index is 11.7. The Morgan fingerprint density at radius 1 is 1.00 bits per heavy atom. The normalized spacial score (nSPS) is 10.7. The highest BCUT2D eigenvalue weighted by Crippen LogP contribution is 2.22. The van der Waals surface area contributed by atoms with Crippen LogP contribution < -0.4 is 9.47 Å². The molecule has 0 spiro atoms. The summed E-state index contributed by atoms with van der Waals surface area (Å²) in [5.74, 6) is 1.04. The molecule has 26 heavy (non-hydrogen) atoms. The van der Waals surface area contributed by atoms with Gasteiger partial charge < -0.3 is 19.1 Å². The van der Waals surface area contributed by atoms with Crippen LogP contribution in [0.15, 0.2) is 42.5 Å². The fourth-order valence-electron chi connectivity index (χ4n) is 2.60. The van der Waals surface area contributed by atoms with Crippen LogP contribution in [0.2, 0.25) is 0 Å². The van der Waals surface area contributed by atoms with Gasteiger partial charge in [-0.05, 0) is 62.3 Å². The maximum Gasteiger partial charge on any atom is 0.341 e. The highest BCUT2D eigenvalue weighted by Gasteiger charge is 2.13. The smallest absolute Gasteiger partial charge is 0.341 e. The van der Waals surface area contributed by atoms with E-state index in [4.69, 9.17) is 14.2 Å². The Kier molecular flexibility index (Phi) is 7.48. The van der Waals surface area contributed by atoms with Gasteiger partial charge in [0.05, 0.1) is 14.2 Å². The molecule has 0 heterocycles. The zero-order chi connectivity index (χ0) is 18.9. The molecule has 0 saturated heterocycles. The summed E-state index contributed by atoms with van der Waals surface area (Å²) in [6.45, 7) is 1.55. The summed E-state index contributed by atoms with van der Waals surface area (Å²) in [6.07, 6.45) is 1.73. The fourth-order valence-corrected chi connectivity index (χ4v) is 2.60. The quantitative estimate of drug-likeness (QED) is 0.645. The number of esters is 1. The number of hydrogen-bond acceptors (Lipinski definition) is 5. The molecule has 5 heteroatoms. The standard InChI is InChI=1S/C21H27NO4/c1-22(2)12-13-26-18-7-5-6-16(14-18)8-9-17-10-11-19(21(23)25-4)20(15-17)24-3/h5-7,10-11,14-15H,8-9,12-13H2,1-4H3. The van der Waals surface area contributed by atoms with Crippen molar-refractivity contribution in [2.45, 2.75) is 12.8 Å². The van der Waals surface area contributed by atoms with E-state index < -0.39 is 5.97 Å². The second-order valence-electron chi connectivity index (χ2n) is 6.33. The molecule has 0 aliphatic rings. The van der Waals surface area contributed by atoms with Gasteiger partial charge in [0.1, 0.15) is 23.7 Å². The molecule has 0 atom stereocenters. The van der Waals surface area contributed by atoms with Crippen LogP contribution >= 0.6 is 0 Å². The largest absolute Gasteiger partial charge is 0.496 e. The van der Waals surface area contributed by atoms with Gasteiger partial charge in [-0.3, -0.25) is 0 Å². The molecule has 0 bridgehead atoms. The number of rotatable bonds is 9. The molecule has 0 radical (unpaired) electrons. The lowest BCUT2D eigenvalue weighted by atomic mass is 10.0. The van der Waals surface area contributed by atoms with Crippen molar-refractivity contribution in [1.29, 1.82) is 0 Å². The van der Waals surface area contributed by atoms with E-state index in [1.165, 1.54) is 12.7 Å². The summed E-state index contributed by atoms with van der Waals surface area (Å²) in [5.41, 5.74) is 2.76. The van der Waals surface area contributed by atoms with E-state index in [-0.39, 0.29) is 0 Å². The van der Waals surface area contributed by atoms with Crippen molar-refractivity contribution >= 4 is 5.97 Å². The summed E-state index contributed by atoms with van der Waals surface area (Å²) in [6, 6.07) is 13.7. The van der Waals surface area contributed by atoms with Gasteiger partial charge in [-0.15, -0.1) is 0 Å². The van der Waals surface area contributed by atoms with Crippen molar-refractivity contribution in [3.05, 3.63) is 59.2 Å². The summed E-state index contributed by atoms with van der Waals surface area (Å²) < 4.78 is 15.9. The van der Waals surface area contributed by atoms with Gasteiger partial charge in [0.2, 0.25) is 0 Å².